The summed E-state index contributed by atoms with van der Waals surface area (Å²) in [6.07, 6.45) is 8.23. The van der Waals surface area contributed by atoms with Crippen LogP contribution in [0.4, 0.5) is 5.82 Å². The van der Waals surface area contributed by atoms with Gasteiger partial charge in [-0.25, -0.2) is 10.8 Å². The Morgan fingerprint density at radius 1 is 1.20 bits per heavy atom. The lowest BCUT2D eigenvalue weighted by Gasteiger charge is -2.07. The third-order valence-electron chi connectivity index (χ3n) is 3.50. The van der Waals surface area contributed by atoms with Crippen molar-refractivity contribution in [3.05, 3.63) is 18.2 Å². The molecule has 2 aliphatic carbocycles. The first-order chi connectivity index (χ1) is 9.85. The van der Waals surface area contributed by atoms with E-state index in [1.807, 2.05) is 0 Å². The summed E-state index contributed by atoms with van der Waals surface area (Å²) in [4.78, 5) is 8.47. The minimum Gasteiger partial charge on any atom is -0.307 e. The first kappa shape index (κ1) is 12.1. The highest BCUT2D eigenvalue weighted by Crippen LogP contribution is 2.46. The lowest BCUT2D eigenvalue weighted by Crippen LogP contribution is -2.09. The van der Waals surface area contributed by atoms with Gasteiger partial charge in [0.05, 0.1) is 12.4 Å². The van der Waals surface area contributed by atoms with Crippen molar-refractivity contribution >= 4 is 17.6 Å². The first-order valence-electron chi connectivity index (χ1n) is 6.76. The standard InChI is InChI=1S/C12H15N7S/c13-16-9-5-14-6-10(15-9)20-12-18-17-11(7-1-2-7)19(12)8-3-4-8/h5-8H,1-4,13H2,(H,15,16). The third kappa shape index (κ3) is 2.25. The maximum absolute atomic E-state index is 5.36. The zero-order valence-electron chi connectivity index (χ0n) is 10.9. The maximum Gasteiger partial charge on any atom is 0.197 e. The molecule has 2 aromatic rings. The van der Waals surface area contributed by atoms with E-state index >= 15 is 0 Å². The number of aromatic nitrogens is 5. The van der Waals surface area contributed by atoms with E-state index in [-0.39, 0.29) is 0 Å². The Balaban J connectivity index is 1.64. The predicted molar refractivity (Wildman–Crippen MR) is 74.2 cm³/mol. The van der Waals surface area contributed by atoms with Crippen molar-refractivity contribution in [1.82, 2.24) is 24.7 Å². The Labute approximate surface area is 120 Å². The van der Waals surface area contributed by atoms with Gasteiger partial charge in [-0.3, -0.25) is 4.98 Å². The normalized spacial score (nSPS) is 18.2. The minimum atomic E-state index is 0.551. The Bertz CT molecular complexity index is 632. The van der Waals surface area contributed by atoms with Crippen LogP contribution in [0.2, 0.25) is 0 Å². The SMILES string of the molecule is NNc1cncc(Sc2nnc(C3CC3)n2C2CC2)n1. The topological polar surface area (TPSA) is 94.5 Å². The quantitative estimate of drug-likeness (QED) is 0.639. The van der Waals surface area contributed by atoms with Crippen LogP contribution in [-0.2, 0) is 0 Å². The number of rotatable bonds is 5. The van der Waals surface area contributed by atoms with Crippen molar-refractivity contribution in [2.45, 2.75) is 47.8 Å². The van der Waals surface area contributed by atoms with Gasteiger partial charge in [0, 0.05) is 12.0 Å². The van der Waals surface area contributed by atoms with Crippen molar-refractivity contribution < 1.29 is 0 Å². The van der Waals surface area contributed by atoms with Crippen molar-refractivity contribution in [1.29, 1.82) is 0 Å². The Morgan fingerprint density at radius 2 is 2.05 bits per heavy atom. The van der Waals surface area contributed by atoms with Gasteiger partial charge in [-0.2, -0.15) is 0 Å². The van der Waals surface area contributed by atoms with E-state index in [0.29, 0.717) is 17.8 Å². The van der Waals surface area contributed by atoms with Crippen LogP contribution in [0.25, 0.3) is 0 Å². The lowest BCUT2D eigenvalue weighted by molar-refractivity contribution is 0.626. The molecule has 2 saturated carbocycles. The fourth-order valence-corrected chi connectivity index (χ4v) is 3.08. The van der Waals surface area contributed by atoms with Crippen LogP contribution in [-0.4, -0.2) is 24.7 Å². The second-order valence-corrected chi connectivity index (χ2v) is 6.19. The summed E-state index contributed by atoms with van der Waals surface area (Å²) in [5.74, 6) is 7.67. The van der Waals surface area contributed by atoms with Crippen LogP contribution < -0.4 is 11.3 Å². The fourth-order valence-electron chi connectivity index (χ4n) is 2.21. The number of nitrogen functional groups attached to an aromatic ring is 1. The van der Waals surface area contributed by atoms with Crippen LogP contribution in [0.1, 0.15) is 43.5 Å². The highest BCUT2D eigenvalue weighted by molar-refractivity contribution is 7.99. The number of nitrogens with one attached hydrogen (secondary N) is 1. The fraction of sp³-hybridized carbons (Fsp3) is 0.500. The van der Waals surface area contributed by atoms with E-state index in [2.05, 4.69) is 30.2 Å². The van der Waals surface area contributed by atoms with E-state index in [4.69, 9.17) is 5.84 Å². The summed E-state index contributed by atoms with van der Waals surface area (Å²) >= 11 is 1.50. The molecule has 0 amide bonds. The number of hydrogen-bond acceptors (Lipinski definition) is 7. The van der Waals surface area contributed by atoms with Crippen molar-refractivity contribution in [3.8, 4) is 0 Å². The highest BCUT2D eigenvalue weighted by atomic mass is 32.2. The number of hydrogen-bond donors (Lipinski definition) is 2. The second-order valence-electron chi connectivity index (χ2n) is 5.21. The molecule has 0 radical (unpaired) electrons. The number of nitrogens with two attached hydrogens (primary N) is 1. The van der Waals surface area contributed by atoms with Gasteiger partial charge in [0.15, 0.2) is 11.0 Å². The van der Waals surface area contributed by atoms with E-state index in [1.54, 1.807) is 12.4 Å². The van der Waals surface area contributed by atoms with Gasteiger partial charge < -0.3 is 9.99 Å². The average molecular weight is 289 g/mol. The molecule has 0 aliphatic heterocycles. The van der Waals surface area contributed by atoms with Crippen molar-refractivity contribution in [2.75, 3.05) is 5.43 Å². The van der Waals surface area contributed by atoms with Gasteiger partial charge in [-0.1, -0.05) is 0 Å². The summed E-state index contributed by atoms with van der Waals surface area (Å²) in [5, 5.41) is 10.4. The van der Waals surface area contributed by atoms with Crippen molar-refractivity contribution in [3.63, 3.8) is 0 Å². The molecule has 104 valence electrons. The second kappa shape index (κ2) is 4.71. The molecule has 2 fully saturated rings. The average Bonchev–Trinajstić information content (AvgIpc) is 3.38. The molecular weight excluding hydrogens is 274 g/mol. The van der Waals surface area contributed by atoms with E-state index in [1.165, 1.54) is 37.4 Å². The lowest BCUT2D eigenvalue weighted by atomic mass is 10.4. The molecule has 0 spiro atoms. The molecule has 20 heavy (non-hydrogen) atoms. The van der Waals surface area contributed by atoms with Crippen LogP contribution in [0.15, 0.2) is 22.6 Å². The highest BCUT2D eigenvalue weighted by Gasteiger charge is 2.36. The van der Waals surface area contributed by atoms with Gasteiger partial charge >= 0.3 is 0 Å². The van der Waals surface area contributed by atoms with E-state index < -0.39 is 0 Å². The largest absolute Gasteiger partial charge is 0.307 e. The number of hydrazine groups is 1. The number of nitrogens with zero attached hydrogens (tertiary/aromatic N) is 5. The zero-order valence-corrected chi connectivity index (χ0v) is 11.7. The van der Waals surface area contributed by atoms with Gasteiger partial charge in [0.2, 0.25) is 0 Å². The Kier molecular flexibility index (Phi) is 2.85. The maximum atomic E-state index is 5.36. The van der Waals surface area contributed by atoms with E-state index in [9.17, 15) is 0 Å². The monoisotopic (exact) mass is 289 g/mol. The molecule has 3 N–H and O–H groups in total. The third-order valence-corrected chi connectivity index (χ3v) is 4.37. The summed E-state index contributed by atoms with van der Waals surface area (Å²) in [6.45, 7) is 0. The molecule has 2 aliphatic rings. The van der Waals surface area contributed by atoms with Crippen LogP contribution in [0.5, 0.6) is 0 Å². The zero-order chi connectivity index (χ0) is 13.5. The molecule has 7 nitrogen and oxygen atoms in total. The molecule has 0 atom stereocenters. The van der Waals surface area contributed by atoms with E-state index in [0.717, 1.165) is 16.0 Å². The smallest absolute Gasteiger partial charge is 0.197 e. The summed E-state index contributed by atoms with van der Waals surface area (Å²) in [5.41, 5.74) is 2.51. The molecule has 0 unspecified atom stereocenters. The molecule has 2 aromatic heterocycles. The molecule has 8 heteroatoms. The van der Waals surface area contributed by atoms with Crippen LogP contribution >= 0.6 is 11.8 Å². The molecule has 4 rings (SSSR count). The molecule has 0 saturated heterocycles. The molecular formula is C12H15N7S. The van der Waals surface area contributed by atoms with Gasteiger partial charge in [-0.15, -0.1) is 10.2 Å². The molecule has 0 aromatic carbocycles. The Morgan fingerprint density at radius 3 is 2.75 bits per heavy atom. The van der Waals surface area contributed by atoms with Gasteiger partial charge in [0.25, 0.3) is 0 Å². The minimum absolute atomic E-state index is 0.551. The summed E-state index contributed by atoms with van der Waals surface area (Å²) < 4.78 is 2.30. The van der Waals surface area contributed by atoms with Gasteiger partial charge in [0.1, 0.15) is 10.9 Å². The first-order valence-corrected chi connectivity index (χ1v) is 7.58. The predicted octanol–water partition coefficient (Wildman–Crippen LogP) is 1.72. The van der Waals surface area contributed by atoms with Crippen LogP contribution in [0.3, 0.4) is 0 Å². The van der Waals surface area contributed by atoms with Gasteiger partial charge in [-0.05, 0) is 37.4 Å². The van der Waals surface area contributed by atoms with Crippen LogP contribution in [0, 0.1) is 0 Å². The Hall–Kier alpha value is -1.67. The summed E-state index contributed by atoms with van der Waals surface area (Å²) in [7, 11) is 0. The van der Waals surface area contributed by atoms with Crippen molar-refractivity contribution in [2.24, 2.45) is 5.84 Å². The number of anilines is 1. The summed E-state index contributed by atoms with van der Waals surface area (Å²) in [6, 6.07) is 0.576. The molecule has 2 heterocycles. The molecule has 0 bridgehead atoms.